The number of hydrogen-bond donors (Lipinski definition) is 1. The maximum absolute atomic E-state index is 9.60. The van der Waals surface area contributed by atoms with Crippen LogP contribution in [0.25, 0.3) is 0 Å². The highest BCUT2D eigenvalue weighted by atomic mass is 16.5. The van der Waals surface area contributed by atoms with Gasteiger partial charge in [0.25, 0.3) is 0 Å². The molecule has 1 aliphatic rings. The van der Waals surface area contributed by atoms with E-state index >= 15 is 0 Å². The fourth-order valence-corrected chi connectivity index (χ4v) is 1.77. The molecular weight excluding hydrogens is 140 g/mol. The maximum Gasteiger partial charge on any atom is 0.0590 e. The highest BCUT2D eigenvalue weighted by molar-refractivity contribution is 4.72. The molecule has 2 atom stereocenters. The predicted octanol–water partition coefficient (Wildman–Crippen LogP) is 1.57. The Labute approximate surface area is 68.6 Å². The number of hydrogen-bond acceptors (Lipinski definition) is 2. The minimum absolute atomic E-state index is 0.113. The monoisotopic (exact) mass is 158 g/mol. The molecule has 1 saturated carbocycles. The summed E-state index contributed by atoms with van der Waals surface area (Å²) < 4.78 is 5.05. The van der Waals surface area contributed by atoms with E-state index < -0.39 is 0 Å². The summed E-state index contributed by atoms with van der Waals surface area (Å²) in [4.78, 5) is 0. The van der Waals surface area contributed by atoms with Crippen molar-refractivity contribution in [3.63, 3.8) is 0 Å². The van der Waals surface area contributed by atoms with Gasteiger partial charge in [0, 0.05) is 13.0 Å². The van der Waals surface area contributed by atoms with Crippen LogP contribution >= 0.6 is 0 Å². The smallest absolute Gasteiger partial charge is 0.0590 e. The lowest BCUT2D eigenvalue weighted by Gasteiger charge is -2.18. The summed E-state index contributed by atoms with van der Waals surface area (Å²) in [6, 6.07) is 0. The van der Waals surface area contributed by atoms with Crippen LogP contribution < -0.4 is 0 Å². The number of aliphatic hydroxyl groups is 1. The summed E-state index contributed by atoms with van der Waals surface area (Å²) in [5.74, 6) is 0.391. The van der Waals surface area contributed by atoms with Crippen molar-refractivity contribution in [1.29, 1.82) is 0 Å². The zero-order chi connectivity index (χ0) is 8.10. The van der Waals surface area contributed by atoms with E-state index in [4.69, 9.17) is 4.74 Å². The fraction of sp³-hybridized carbons (Fsp3) is 1.00. The summed E-state index contributed by atoms with van der Waals surface area (Å²) in [5.41, 5.74) is 0. The Morgan fingerprint density at radius 3 is 2.73 bits per heavy atom. The van der Waals surface area contributed by atoms with Gasteiger partial charge in [0.2, 0.25) is 0 Å². The van der Waals surface area contributed by atoms with Crippen LogP contribution in [-0.4, -0.2) is 24.9 Å². The predicted molar refractivity (Wildman–Crippen MR) is 44.5 cm³/mol. The molecule has 0 unspecified atom stereocenters. The van der Waals surface area contributed by atoms with Gasteiger partial charge in [-0.1, -0.05) is 19.3 Å². The standard InChI is InChI=1S/C9H18O2/c1-11-7-8-5-3-2-4-6-9(8)10/h8-10H,2-7H2,1H3/t8-,9+/m0/s1. The van der Waals surface area contributed by atoms with Gasteiger partial charge in [0.1, 0.15) is 0 Å². The normalized spacial score (nSPS) is 33.3. The largest absolute Gasteiger partial charge is 0.393 e. The summed E-state index contributed by atoms with van der Waals surface area (Å²) >= 11 is 0. The molecule has 1 rings (SSSR count). The second-order valence-corrected chi connectivity index (χ2v) is 3.42. The third kappa shape index (κ3) is 2.80. The van der Waals surface area contributed by atoms with E-state index in [9.17, 15) is 5.11 Å². The molecule has 1 aliphatic carbocycles. The van der Waals surface area contributed by atoms with Crippen LogP contribution in [0, 0.1) is 5.92 Å². The molecule has 0 heterocycles. The zero-order valence-corrected chi connectivity index (χ0v) is 7.25. The van der Waals surface area contributed by atoms with Crippen molar-refractivity contribution in [2.24, 2.45) is 5.92 Å². The molecule has 2 nitrogen and oxygen atoms in total. The molecule has 0 spiro atoms. The average Bonchev–Trinajstić information content (AvgIpc) is 2.18. The van der Waals surface area contributed by atoms with Gasteiger partial charge >= 0.3 is 0 Å². The third-order valence-electron chi connectivity index (χ3n) is 2.50. The summed E-state index contributed by atoms with van der Waals surface area (Å²) in [6.07, 6.45) is 5.70. The van der Waals surface area contributed by atoms with Crippen molar-refractivity contribution in [2.75, 3.05) is 13.7 Å². The Morgan fingerprint density at radius 2 is 2.00 bits per heavy atom. The molecule has 0 saturated heterocycles. The zero-order valence-electron chi connectivity index (χ0n) is 7.25. The summed E-state index contributed by atoms with van der Waals surface area (Å²) in [6.45, 7) is 0.723. The van der Waals surface area contributed by atoms with E-state index in [1.54, 1.807) is 7.11 Å². The van der Waals surface area contributed by atoms with Crippen LogP contribution in [0.4, 0.5) is 0 Å². The SMILES string of the molecule is COC[C@@H]1CCCCC[C@H]1O. The minimum atomic E-state index is -0.113. The lowest BCUT2D eigenvalue weighted by Crippen LogP contribution is -2.22. The average molecular weight is 158 g/mol. The van der Waals surface area contributed by atoms with E-state index in [1.165, 1.54) is 19.3 Å². The van der Waals surface area contributed by atoms with Gasteiger partial charge in [-0.2, -0.15) is 0 Å². The molecule has 11 heavy (non-hydrogen) atoms. The van der Waals surface area contributed by atoms with Gasteiger partial charge in [-0.05, 0) is 12.8 Å². The lowest BCUT2D eigenvalue weighted by atomic mass is 9.99. The van der Waals surface area contributed by atoms with Gasteiger partial charge in [-0.3, -0.25) is 0 Å². The molecule has 0 bridgehead atoms. The van der Waals surface area contributed by atoms with Crippen molar-refractivity contribution in [3.05, 3.63) is 0 Å². The summed E-state index contributed by atoms with van der Waals surface area (Å²) in [7, 11) is 1.71. The number of methoxy groups -OCH3 is 1. The van der Waals surface area contributed by atoms with E-state index in [2.05, 4.69) is 0 Å². The van der Waals surface area contributed by atoms with Crippen LogP contribution in [0.15, 0.2) is 0 Å². The fourth-order valence-electron chi connectivity index (χ4n) is 1.77. The quantitative estimate of drug-likeness (QED) is 0.618. The number of rotatable bonds is 2. The van der Waals surface area contributed by atoms with Gasteiger partial charge in [0.15, 0.2) is 0 Å². The van der Waals surface area contributed by atoms with Gasteiger partial charge in [0.05, 0.1) is 12.7 Å². The maximum atomic E-state index is 9.60. The van der Waals surface area contributed by atoms with Crippen molar-refractivity contribution in [2.45, 2.75) is 38.2 Å². The van der Waals surface area contributed by atoms with Gasteiger partial charge in [-0.15, -0.1) is 0 Å². The van der Waals surface area contributed by atoms with Crippen molar-refractivity contribution < 1.29 is 9.84 Å². The first-order chi connectivity index (χ1) is 5.34. The minimum Gasteiger partial charge on any atom is -0.393 e. The summed E-state index contributed by atoms with van der Waals surface area (Å²) in [5, 5.41) is 9.60. The molecule has 0 aromatic heterocycles. The highest BCUT2D eigenvalue weighted by Crippen LogP contribution is 2.23. The van der Waals surface area contributed by atoms with Crippen LogP contribution in [0.3, 0.4) is 0 Å². The van der Waals surface area contributed by atoms with E-state index in [1.807, 2.05) is 0 Å². The number of ether oxygens (including phenoxy) is 1. The molecular formula is C9H18O2. The lowest BCUT2D eigenvalue weighted by molar-refractivity contribution is 0.0439. The van der Waals surface area contributed by atoms with Crippen LogP contribution in [0.2, 0.25) is 0 Å². The molecule has 0 radical (unpaired) electrons. The second-order valence-electron chi connectivity index (χ2n) is 3.42. The van der Waals surface area contributed by atoms with Crippen LogP contribution in [0.1, 0.15) is 32.1 Å². The van der Waals surface area contributed by atoms with E-state index in [-0.39, 0.29) is 6.10 Å². The molecule has 0 aromatic carbocycles. The topological polar surface area (TPSA) is 29.5 Å². The third-order valence-corrected chi connectivity index (χ3v) is 2.50. The van der Waals surface area contributed by atoms with Crippen LogP contribution in [-0.2, 0) is 4.74 Å². The van der Waals surface area contributed by atoms with E-state index in [0.29, 0.717) is 5.92 Å². The van der Waals surface area contributed by atoms with Crippen molar-refractivity contribution >= 4 is 0 Å². The Bertz CT molecular complexity index is 104. The molecule has 0 amide bonds. The van der Waals surface area contributed by atoms with Crippen molar-refractivity contribution in [1.82, 2.24) is 0 Å². The first-order valence-corrected chi connectivity index (χ1v) is 4.51. The molecule has 1 fully saturated rings. The number of aliphatic hydroxyl groups excluding tert-OH is 1. The molecule has 0 aromatic rings. The Hall–Kier alpha value is -0.0800. The first-order valence-electron chi connectivity index (χ1n) is 4.51. The molecule has 2 heteroatoms. The van der Waals surface area contributed by atoms with Crippen molar-refractivity contribution in [3.8, 4) is 0 Å². The highest BCUT2D eigenvalue weighted by Gasteiger charge is 2.20. The second kappa shape index (κ2) is 4.73. The van der Waals surface area contributed by atoms with Gasteiger partial charge < -0.3 is 9.84 Å². The van der Waals surface area contributed by atoms with Gasteiger partial charge in [-0.25, -0.2) is 0 Å². The van der Waals surface area contributed by atoms with Crippen LogP contribution in [0.5, 0.6) is 0 Å². The Kier molecular flexibility index (Phi) is 3.87. The molecule has 1 N–H and O–H groups in total. The first kappa shape index (κ1) is 9.01. The van der Waals surface area contributed by atoms with E-state index in [0.717, 1.165) is 19.4 Å². The Morgan fingerprint density at radius 1 is 1.27 bits per heavy atom. The molecule has 0 aliphatic heterocycles. The molecule has 66 valence electrons. The Balaban J connectivity index is 2.32.